The number of anilines is 2. The number of nitrogens with one attached hydrogen (secondary N) is 1. The fourth-order valence-electron chi connectivity index (χ4n) is 2.08. The van der Waals surface area contributed by atoms with Gasteiger partial charge in [0.05, 0.1) is 0 Å². The first-order valence-corrected chi connectivity index (χ1v) is 6.00. The minimum absolute atomic E-state index is 0.184. The zero-order valence-electron chi connectivity index (χ0n) is 11.1. The summed E-state index contributed by atoms with van der Waals surface area (Å²) >= 11 is 0. The highest BCUT2D eigenvalue weighted by molar-refractivity contribution is 5.43. The van der Waals surface area contributed by atoms with Gasteiger partial charge in [-0.15, -0.1) is 0 Å². The van der Waals surface area contributed by atoms with Gasteiger partial charge in [-0.2, -0.15) is 4.98 Å². The van der Waals surface area contributed by atoms with Crippen LogP contribution in [0.15, 0.2) is 12.3 Å². The molecule has 1 saturated heterocycles. The standard InChI is InChI=1S/C12H21N5/c1-12(2)9-17(8-7-16(12)4)10-5-6-14-11(13-3)15-10/h5-6H,7-9H2,1-4H3,(H,13,14,15). The molecule has 0 bridgehead atoms. The van der Waals surface area contributed by atoms with Crippen molar-refractivity contribution in [1.82, 2.24) is 14.9 Å². The lowest BCUT2D eigenvalue weighted by Gasteiger charge is -2.45. The summed E-state index contributed by atoms with van der Waals surface area (Å²) in [4.78, 5) is 13.3. The molecule has 0 atom stereocenters. The number of hydrogen-bond donors (Lipinski definition) is 1. The van der Waals surface area contributed by atoms with Gasteiger partial charge in [0.2, 0.25) is 5.95 Å². The highest BCUT2D eigenvalue weighted by Crippen LogP contribution is 2.23. The summed E-state index contributed by atoms with van der Waals surface area (Å²) in [6.07, 6.45) is 1.81. The van der Waals surface area contributed by atoms with Gasteiger partial charge < -0.3 is 10.2 Å². The van der Waals surface area contributed by atoms with Crippen molar-refractivity contribution in [3.8, 4) is 0 Å². The minimum Gasteiger partial charge on any atom is -0.357 e. The van der Waals surface area contributed by atoms with Crippen LogP contribution in [0, 0.1) is 0 Å². The quantitative estimate of drug-likeness (QED) is 0.830. The Morgan fingerprint density at radius 3 is 2.76 bits per heavy atom. The third kappa shape index (κ3) is 2.49. The van der Waals surface area contributed by atoms with Crippen molar-refractivity contribution in [3.05, 3.63) is 12.3 Å². The summed E-state index contributed by atoms with van der Waals surface area (Å²) in [5, 5.41) is 2.98. The lowest BCUT2D eigenvalue weighted by molar-refractivity contribution is 0.138. The molecule has 1 aliphatic heterocycles. The van der Waals surface area contributed by atoms with Crippen LogP contribution >= 0.6 is 0 Å². The van der Waals surface area contributed by atoms with Crippen LogP contribution in [0.2, 0.25) is 0 Å². The molecular weight excluding hydrogens is 214 g/mol. The Bertz CT molecular complexity index is 390. The molecule has 5 heteroatoms. The van der Waals surface area contributed by atoms with Gasteiger partial charge in [-0.05, 0) is 27.0 Å². The van der Waals surface area contributed by atoms with E-state index in [-0.39, 0.29) is 5.54 Å². The summed E-state index contributed by atoms with van der Waals surface area (Å²) in [6.45, 7) is 7.59. The molecule has 0 radical (unpaired) electrons. The van der Waals surface area contributed by atoms with Crippen LogP contribution in [-0.2, 0) is 0 Å². The van der Waals surface area contributed by atoms with E-state index in [9.17, 15) is 0 Å². The number of aromatic nitrogens is 2. The smallest absolute Gasteiger partial charge is 0.224 e. The van der Waals surface area contributed by atoms with Crippen LogP contribution in [0.4, 0.5) is 11.8 Å². The van der Waals surface area contributed by atoms with Crippen molar-refractivity contribution in [2.24, 2.45) is 0 Å². The Labute approximate surface area is 103 Å². The van der Waals surface area contributed by atoms with E-state index in [4.69, 9.17) is 0 Å². The first-order chi connectivity index (χ1) is 8.03. The third-order valence-corrected chi connectivity index (χ3v) is 3.50. The molecular formula is C12H21N5. The molecule has 0 amide bonds. The van der Waals surface area contributed by atoms with Crippen molar-refractivity contribution in [1.29, 1.82) is 0 Å². The lowest BCUT2D eigenvalue weighted by Crippen LogP contribution is -2.57. The molecule has 0 aliphatic carbocycles. The molecule has 1 aromatic heterocycles. The monoisotopic (exact) mass is 235 g/mol. The van der Waals surface area contributed by atoms with Crippen LogP contribution in [-0.4, -0.2) is 54.1 Å². The predicted octanol–water partition coefficient (Wildman–Crippen LogP) is 1.05. The van der Waals surface area contributed by atoms with E-state index in [1.165, 1.54) is 0 Å². The first kappa shape index (κ1) is 12.1. The third-order valence-electron chi connectivity index (χ3n) is 3.50. The molecule has 17 heavy (non-hydrogen) atoms. The van der Waals surface area contributed by atoms with Gasteiger partial charge in [-0.3, -0.25) is 4.90 Å². The van der Waals surface area contributed by atoms with Gasteiger partial charge in [0.1, 0.15) is 5.82 Å². The molecule has 1 fully saturated rings. The Hall–Kier alpha value is -1.36. The normalized spacial score (nSPS) is 20.4. The fourth-order valence-corrected chi connectivity index (χ4v) is 2.08. The van der Waals surface area contributed by atoms with Crippen LogP contribution in [0.25, 0.3) is 0 Å². The van der Waals surface area contributed by atoms with Crippen molar-refractivity contribution in [3.63, 3.8) is 0 Å². The number of nitrogens with zero attached hydrogens (tertiary/aromatic N) is 4. The molecule has 0 unspecified atom stereocenters. The molecule has 1 aliphatic rings. The van der Waals surface area contributed by atoms with Gasteiger partial charge >= 0.3 is 0 Å². The van der Waals surface area contributed by atoms with Crippen LogP contribution in [0.1, 0.15) is 13.8 Å². The summed E-state index contributed by atoms with van der Waals surface area (Å²) in [5.41, 5.74) is 0.184. The second-order valence-electron chi connectivity index (χ2n) is 5.14. The van der Waals surface area contributed by atoms with Gasteiger partial charge in [-0.1, -0.05) is 0 Å². The van der Waals surface area contributed by atoms with E-state index in [0.717, 1.165) is 25.5 Å². The second-order valence-corrected chi connectivity index (χ2v) is 5.14. The second kappa shape index (κ2) is 4.49. The van der Waals surface area contributed by atoms with Crippen molar-refractivity contribution in [2.75, 3.05) is 43.9 Å². The van der Waals surface area contributed by atoms with Gasteiger partial charge in [0, 0.05) is 38.4 Å². The van der Waals surface area contributed by atoms with Gasteiger partial charge in [0.15, 0.2) is 0 Å². The molecule has 2 heterocycles. The van der Waals surface area contributed by atoms with E-state index in [1.807, 2.05) is 13.1 Å². The average molecular weight is 235 g/mol. The van der Waals surface area contributed by atoms with E-state index in [0.29, 0.717) is 5.95 Å². The minimum atomic E-state index is 0.184. The fraction of sp³-hybridized carbons (Fsp3) is 0.667. The Kier molecular flexibility index (Phi) is 3.19. The van der Waals surface area contributed by atoms with E-state index < -0.39 is 0 Å². The van der Waals surface area contributed by atoms with Crippen LogP contribution in [0.5, 0.6) is 0 Å². The summed E-state index contributed by atoms with van der Waals surface area (Å²) in [5.74, 6) is 1.68. The summed E-state index contributed by atoms with van der Waals surface area (Å²) < 4.78 is 0. The SMILES string of the molecule is CNc1nccc(N2CCN(C)C(C)(C)C2)n1. The summed E-state index contributed by atoms with van der Waals surface area (Å²) in [7, 11) is 4.02. The average Bonchev–Trinajstić information content (AvgIpc) is 2.32. The predicted molar refractivity (Wildman–Crippen MR) is 70.5 cm³/mol. The first-order valence-electron chi connectivity index (χ1n) is 6.00. The van der Waals surface area contributed by atoms with Crippen molar-refractivity contribution in [2.45, 2.75) is 19.4 Å². The topological polar surface area (TPSA) is 44.3 Å². The molecule has 0 aromatic carbocycles. The number of piperazine rings is 1. The van der Waals surface area contributed by atoms with E-state index in [2.05, 4.69) is 46.0 Å². The van der Waals surface area contributed by atoms with Gasteiger partial charge in [0.25, 0.3) is 0 Å². The maximum Gasteiger partial charge on any atom is 0.224 e. The summed E-state index contributed by atoms with van der Waals surface area (Å²) in [6, 6.07) is 1.97. The molecule has 1 aromatic rings. The van der Waals surface area contributed by atoms with Gasteiger partial charge in [-0.25, -0.2) is 4.98 Å². The molecule has 2 rings (SSSR count). The number of likely N-dealkylation sites (N-methyl/N-ethyl adjacent to an activating group) is 1. The molecule has 0 spiro atoms. The number of rotatable bonds is 2. The molecule has 5 nitrogen and oxygen atoms in total. The Balaban J connectivity index is 2.17. The lowest BCUT2D eigenvalue weighted by atomic mass is 10.00. The van der Waals surface area contributed by atoms with Crippen LogP contribution < -0.4 is 10.2 Å². The zero-order valence-corrected chi connectivity index (χ0v) is 11.1. The maximum absolute atomic E-state index is 4.49. The van der Waals surface area contributed by atoms with E-state index in [1.54, 1.807) is 6.20 Å². The Morgan fingerprint density at radius 2 is 2.12 bits per heavy atom. The van der Waals surface area contributed by atoms with Crippen molar-refractivity contribution < 1.29 is 0 Å². The zero-order chi connectivity index (χ0) is 12.5. The van der Waals surface area contributed by atoms with E-state index >= 15 is 0 Å². The molecule has 94 valence electrons. The Morgan fingerprint density at radius 1 is 1.35 bits per heavy atom. The van der Waals surface area contributed by atoms with Crippen molar-refractivity contribution >= 4 is 11.8 Å². The molecule has 0 saturated carbocycles. The maximum atomic E-state index is 4.49. The number of hydrogen-bond acceptors (Lipinski definition) is 5. The van der Waals surface area contributed by atoms with Crippen LogP contribution in [0.3, 0.4) is 0 Å². The largest absolute Gasteiger partial charge is 0.357 e. The highest BCUT2D eigenvalue weighted by atomic mass is 15.3. The highest BCUT2D eigenvalue weighted by Gasteiger charge is 2.31. The molecule has 1 N–H and O–H groups in total.